The van der Waals surface area contributed by atoms with Crippen molar-refractivity contribution in [3.8, 4) is 11.5 Å². The van der Waals surface area contributed by atoms with Gasteiger partial charge in [-0.05, 0) is 18.2 Å². The van der Waals surface area contributed by atoms with Gasteiger partial charge in [-0.3, -0.25) is 9.59 Å². The monoisotopic (exact) mass is 295 g/mol. The fourth-order valence-corrected chi connectivity index (χ4v) is 2.34. The molecule has 2 N–H and O–H groups in total. The van der Waals surface area contributed by atoms with Crippen LogP contribution in [0, 0.1) is 5.92 Å². The summed E-state index contributed by atoms with van der Waals surface area (Å²) in [6, 6.07) is 3.77. The van der Waals surface area contributed by atoms with E-state index < -0.39 is 17.9 Å². The van der Waals surface area contributed by atoms with E-state index in [1.54, 1.807) is 0 Å². The van der Waals surface area contributed by atoms with E-state index in [-0.39, 0.29) is 36.2 Å². The average molecular weight is 295 g/mol. The van der Waals surface area contributed by atoms with Crippen LogP contribution in [0.1, 0.15) is 10.4 Å². The molecule has 2 atom stereocenters. The van der Waals surface area contributed by atoms with E-state index in [0.29, 0.717) is 0 Å². The Morgan fingerprint density at radius 2 is 2.10 bits per heavy atom. The van der Waals surface area contributed by atoms with Crippen molar-refractivity contribution in [1.82, 2.24) is 4.90 Å². The molecule has 114 valence electrons. The molecular formula is C14H17NO6. The maximum absolute atomic E-state index is 12.4. The minimum atomic E-state index is -0.991. The highest BCUT2D eigenvalue weighted by Gasteiger charge is 2.38. The van der Waals surface area contributed by atoms with Gasteiger partial charge in [0.25, 0.3) is 5.91 Å². The number of methoxy groups -OCH3 is 1. The van der Waals surface area contributed by atoms with Crippen LogP contribution in [0.4, 0.5) is 0 Å². The fourth-order valence-electron chi connectivity index (χ4n) is 2.34. The van der Waals surface area contributed by atoms with Crippen molar-refractivity contribution >= 4 is 11.9 Å². The van der Waals surface area contributed by atoms with E-state index in [0.717, 1.165) is 0 Å². The van der Waals surface area contributed by atoms with E-state index in [1.807, 2.05) is 0 Å². The molecule has 7 heteroatoms. The van der Waals surface area contributed by atoms with Crippen molar-refractivity contribution in [3.63, 3.8) is 0 Å². The van der Waals surface area contributed by atoms with E-state index in [1.165, 1.54) is 37.3 Å². The van der Waals surface area contributed by atoms with Crippen LogP contribution < -0.4 is 4.74 Å². The molecule has 0 saturated carbocycles. The lowest BCUT2D eigenvalue weighted by molar-refractivity contribution is -0.142. The molecule has 1 aliphatic rings. The fraction of sp³-hybridized carbons (Fsp3) is 0.429. The van der Waals surface area contributed by atoms with Crippen LogP contribution in [-0.2, 0) is 9.53 Å². The quantitative estimate of drug-likeness (QED) is 0.843. The Balaban J connectivity index is 2.19. The highest BCUT2D eigenvalue weighted by Crippen LogP contribution is 2.28. The zero-order valence-corrected chi connectivity index (χ0v) is 11.8. The predicted octanol–water partition coefficient (Wildman–Crippen LogP) is 0.572. The third kappa shape index (κ3) is 2.92. The van der Waals surface area contributed by atoms with Gasteiger partial charge in [0, 0.05) is 12.6 Å². The minimum Gasteiger partial charge on any atom is -0.504 e. The number of carboxylic acid groups (broad SMARTS) is 1. The van der Waals surface area contributed by atoms with E-state index in [9.17, 15) is 14.7 Å². The van der Waals surface area contributed by atoms with Gasteiger partial charge in [-0.2, -0.15) is 0 Å². The molecule has 0 bridgehead atoms. The lowest BCUT2D eigenvalue weighted by Crippen LogP contribution is -2.44. The second-order valence-electron chi connectivity index (χ2n) is 4.85. The number of hydrogen-bond acceptors (Lipinski definition) is 5. The largest absolute Gasteiger partial charge is 0.504 e. The van der Waals surface area contributed by atoms with Gasteiger partial charge >= 0.3 is 5.97 Å². The Hall–Kier alpha value is -2.28. The summed E-state index contributed by atoms with van der Waals surface area (Å²) in [4.78, 5) is 24.9. The van der Waals surface area contributed by atoms with Gasteiger partial charge in [-0.25, -0.2) is 0 Å². The Morgan fingerprint density at radius 1 is 1.38 bits per heavy atom. The summed E-state index contributed by atoms with van der Waals surface area (Å²) in [5, 5.41) is 18.8. The molecule has 1 fully saturated rings. The number of phenolic OH excluding ortho intramolecular Hbond substituents is 1. The molecule has 1 amide bonds. The topological polar surface area (TPSA) is 96.3 Å². The van der Waals surface area contributed by atoms with Gasteiger partial charge in [0.15, 0.2) is 11.5 Å². The molecule has 1 aliphatic heterocycles. The highest BCUT2D eigenvalue weighted by atomic mass is 16.5. The van der Waals surface area contributed by atoms with Gasteiger partial charge in [-0.15, -0.1) is 0 Å². The van der Waals surface area contributed by atoms with Crippen LogP contribution >= 0.6 is 0 Å². The number of carbonyl (C=O) groups excluding carboxylic acids is 1. The number of benzene rings is 1. The summed E-state index contributed by atoms with van der Waals surface area (Å²) in [5.74, 6) is -1.99. The van der Waals surface area contributed by atoms with Gasteiger partial charge < -0.3 is 24.6 Å². The summed E-state index contributed by atoms with van der Waals surface area (Å²) in [5.41, 5.74) is 0.256. The molecule has 1 aromatic carbocycles. The molecule has 0 spiro atoms. The maximum Gasteiger partial charge on any atom is 0.311 e. The third-order valence-electron chi connectivity index (χ3n) is 3.61. The first kappa shape index (κ1) is 15.1. The molecule has 0 radical (unpaired) electrons. The Labute approximate surface area is 121 Å². The molecule has 1 heterocycles. The average Bonchev–Trinajstić information content (AvgIpc) is 2.95. The SMILES string of the molecule is COc1ccc(C(=O)N(C)C2COCC2C(=O)O)cc1O. The maximum atomic E-state index is 12.4. The summed E-state index contributed by atoms with van der Waals surface area (Å²) >= 11 is 0. The molecule has 0 aliphatic carbocycles. The second-order valence-corrected chi connectivity index (χ2v) is 4.85. The van der Waals surface area contributed by atoms with Crippen LogP contribution in [0.25, 0.3) is 0 Å². The van der Waals surface area contributed by atoms with Crippen LogP contribution in [0.15, 0.2) is 18.2 Å². The first-order chi connectivity index (χ1) is 9.95. The van der Waals surface area contributed by atoms with Crippen molar-refractivity contribution in [1.29, 1.82) is 0 Å². The zero-order chi connectivity index (χ0) is 15.6. The first-order valence-electron chi connectivity index (χ1n) is 6.40. The van der Waals surface area contributed by atoms with Crippen molar-refractivity contribution in [2.75, 3.05) is 27.4 Å². The van der Waals surface area contributed by atoms with Gasteiger partial charge in [0.2, 0.25) is 0 Å². The summed E-state index contributed by atoms with van der Waals surface area (Å²) in [7, 11) is 2.94. The number of aliphatic carboxylic acids is 1. The summed E-state index contributed by atoms with van der Waals surface area (Å²) in [6.07, 6.45) is 0. The van der Waals surface area contributed by atoms with Crippen LogP contribution in [0.2, 0.25) is 0 Å². The molecule has 7 nitrogen and oxygen atoms in total. The van der Waals surface area contributed by atoms with E-state index in [4.69, 9.17) is 14.6 Å². The zero-order valence-electron chi connectivity index (χ0n) is 11.8. The second kappa shape index (κ2) is 6.01. The lowest BCUT2D eigenvalue weighted by atomic mass is 10.0. The van der Waals surface area contributed by atoms with Crippen molar-refractivity contribution in [3.05, 3.63) is 23.8 Å². The summed E-state index contributed by atoms with van der Waals surface area (Å²) in [6.45, 7) is 0.271. The van der Waals surface area contributed by atoms with Gasteiger partial charge in [0.1, 0.15) is 5.92 Å². The lowest BCUT2D eigenvalue weighted by Gasteiger charge is -2.26. The van der Waals surface area contributed by atoms with Crippen molar-refractivity contribution < 1.29 is 29.3 Å². The molecule has 2 rings (SSSR count). The highest BCUT2D eigenvalue weighted by molar-refractivity contribution is 5.95. The van der Waals surface area contributed by atoms with Gasteiger partial charge in [0.05, 0.1) is 26.4 Å². The number of aromatic hydroxyl groups is 1. The number of carbonyl (C=O) groups is 2. The Morgan fingerprint density at radius 3 is 2.67 bits per heavy atom. The number of nitrogens with zero attached hydrogens (tertiary/aromatic N) is 1. The first-order valence-corrected chi connectivity index (χ1v) is 6.40. The molecule has 1 aromatic rings. The van der Waals surface area contributed by atoms with E-state index in [2.05, 4.69) is 0 Å². The predicted molar refractivity (Wildman–Crippen MR) is 72.5 cm³/mol. The normalized spacial score (nSPS) is 21.0. The number of likely N-dealkylation sites (N-methyl/N-ethyl adjacent to an activating group) is 1. The molecule has 2 unspecified atom stereocenters. The Kier molecular flexibility index (Phi) is 4.32. The molecule has 21 heavy (non-hydrogen) atoms. The van der Waals surface area contributed by atoms with Gasteiger partial charge in [-0.1, -0.05) is 0 Å². The third-order valence-corrected chi connectivity index (χ3v) is 3.61. The Bertz CT molecular complexity index is 558. The smallest absolute Gasteiger partial charge is 0.311 e. The number of carboxylic acids is 1. The molecule has 1 saturated heterocycles. The molecular weight excluding hydrogens is 278 g/mol. The number of phenols is 1. The number of amides is 1. The van der Waals surface area contributed by atoms with Crippen LogP contribution in [0.3, 0.4) is 0 Å². The van der Waals surface area contributed by atoms with Crippen molar-refractivity contribution in [2.24, 2.45) is 5.92 Å². The standard InChI is InChI=1S/C14H17NO6/c1-15(10-7-21-6-9(10)14(18)19)13(17)8-3-4-12(20-2)11(16)5-8/h3-5,9-10,16H,6-7H2,1-2H3,(H,18,19). The van der Waals surface area contributed by atoms with E-state index >= 15 is 0 Å². The van der Waals surface area contributed by atoms with Crippen LogP contribution in [-0.4, -0.2) is 60.4 Å². The summed E-state index contributed by atoms with van der Waals surface area (Å²) < 4.78 is 10.1. The molecule has 0 aromatic heterocycles. The number of ether oxygens (including phenoxy) is 2. The van der Waals surface area contributed by atoms with Crippen LogP contribution in [0.5, 0.6) is 11.5 Å². The minimum absolute atomic E-state index is 0.0888. The number of rotatable bonds is 4. The van der Waals surface area contributed by atoms with Crippen molar-refractivity contribution in [2.45, 2.75) is 6.04 Å². The number of hydrogen-bond donors (Lipinski definition) is 2.